The largest absolute Gasteiger partial charge is 0.393 e. The van der Waals surface area contributed by atoms with Crippen LogP contribution in [0.15, 0.2) is 0 Å². The summed E-state index contributed by atoms with van der Waals surface area (Å²) < 4.78 is 6.13. The first kappa shape index (κ1) is 9.92. The smallest absolute Gasteiger partial charge is 0.130 e. The fourth-order valence-corrected chi connectivity index (χ4v) is 1.63. The quantitative estimate of drug-likeness (QED) is 0.532. The van der Waals surface area contributed by atoms with Crippen molar-refractivity contribution < 1.29 is 19.4 Å². The molecule has 4 nitrogen and oxygen atoms in total. The highest BCUT2D eigenvalue weighted by molar-refractivity contribution is 4.60. The molecule has 2 atom stereocenters. The van der Waals surface area contributed by atoms with E-state index < -0.39 is 0 Å². The number of hydrogen-bond acceptors (Lipinski definition) is 3. The Morgan fingerprint density at radius 2 is 2.25 bits per heavy atom. The number of aliphatic hydroxyl groups excluding tert-OH is 2. The molecule has 4 heteroatoms. The highest BCUT2D eigenvalue weighted by atomic mass is 16.5. The van der Waals surface area contributed by atoms with Crippen LogP contribution in [0.4, 0.5) is 0 Å². The average molecular weight is 176 g/mol. The van der Waals surface area contributed by atoms with Gasteiger partial charge in [-0.05, 0) is 0 Å². The van der Waals surface area contributed by atoms with E-state index in [-0.39, 0.29) is 19.3 Å². The van der Waals surface area contributed by atoms with Crippen LogP contribution >= 0.6 is 0 Å². The Morgan fingerprint density at radius 1 is 1.50 bits per heavy atom. The minimum atomic E-state index is -0.0460. The lowest BCUT2D eigenvalue weighted by Crippen LogP contribution is -2.57. The number of quaternary nitrogens is 1. The predicted octanol–water partition coefficient (Wildman–Crippen LogP) is -1.18. The molecule has 0 saturated carbocycles. The van der Waals surface area contributed by atoms with E-state index in [0.29, 0.717) is 6.61 Å². The molecule has 72 valence electrons. The van der Waals surface area contributed by atoms with E-state index in [1.807, 2.05) is 0 Å². The average Bonchev–Trinajstić information content (AvgIpc) is 2.04. The van der Waals surface area contributed by atoms with Gasteiger partial charge in [-0.2, -0.15) is 0 Å². The van der Waals surface area contributed by atoms with Crippen molar-refractivity contribution in [3.63, 3.8) is 0 Å². The molecular weight excluding hydrogens is 158 g/mol. The van der Waals surface area contributed by atoms with Crippen molar-refractivity contribution in [2.45, 2.75) is 6.10 Å². The van der Waals surface area contributed by atoms with Crippen molar-refractivity contribution in [2.24, 2.45) is 0 Å². The van der Waals surface area contributed by atoms with Gasteiger partial charge in [-0.25, -0.2) is 0 Å². The van der Waals surface area contributed by atoms with Gasteiger partial charge in [0.05, 0.1) is 26.9 Å². The standard InChI is InChI=1S/C8H18NO3/c1-9(2-4-10)3-5-12-8(6-9)7-11/h8,10-11H,2-7H2,1H3/q+1. The van der Waals surface area contributed by atoms with E-state index in [9.17, 15) is 0 Å². The first-order valence-electron chi connectivity index (χ1n) is 4.37. The van der Waals surface area contributed by atoms with Crippen LogP contribution in [0.1, 0.15) is 0 Å². The molecule has 1 aliphatic heterocycles. The molecule has 0 aliphatic carbocycles. The summed E-state index contributed by atoms with van der Waals surface area (Å²) in [5.74, 6) is 0. The molecule has 0 amide bonds. The fourth-order valence-electron chi connectivity index (χ4n) is 1.63. The third-order valence-corrected chi connectivity index (χ3v) is 2.47. The molecule has 1 fully saturated rings. The van der Waals surface area contributed by atoms with Crippen molar-refractivity contribution >= 4 is 0 Å². The van der Waals surface area contributed by atoms with E-state index in [1.54, 1.807) is 0 Å². The lowest BCUT2D eigenvalue weighted by Gasteiger charge is -2.40. The summed E-state index contributed by atoms with van der Waals surface area (Å²) in [6.07, 6.45) is -0.0460. The Kier molecular flexibility index (Phi) is 3.46. The molecule has 0 bridgehead atoms. The van der Waals surface area contributed by atoms with Gasteiger partial charge >= 0.3 is 0 Å². The van der Waals surface area contributed by atoms with Gasteiger partial charge < -0.3 is 19.4 Å². The number of rotatable bonds is 3. The minimum Gasteiger partial charge on any atom is -0.393 e. The second kappa shape index (κ2) is 4.18. The zero-order valence-corrected chi connectivity index (χ0v) is 7.57. The third kappa shape index (κ3) is 2.42. The summed E-state index contributed by atoms with van der Waals surface area (Å²) >= 11 is 0. The molecule has 1 saturated heterocycles. The molecule has 1 aliphatic rings. The van der Waals surface area contributed by atoms with Crippen molar-refractivity contribution in [3.8, 4) is 0 Å². The van der Waals surface area contributed by atoms with Crippen LogP contribution in [-0.2, 0) is 4.74 Å². The van der Waals surface area contributed by atoms with Crippen molar-refractivity contribution in [1.29, 1.82) is 0 Å². The van der Waals surface area contributed by atoms with E-state index in [0.717, 1.165) is 24.1 Å². The van der Waals surface area contributed by atoms with Gasteiger partial charge in [0.2, 0.25) is 0 Å². The number of ether oxygens (including phenoxy) is 1. The van der Waals surface area contributed by atoms with Gasteiger partial charge in [-0.1, -0.05) is 0 Å². The van der Waals surface area contributed by atoms with Crippen LogP contribution < -0.4 is 0 Å². The Balaban J connectivity index is 2.43. The monoisotopic (exact) mass is 176 g/mol. The molecule has 1 heterocycles. The SMILES string of the molecule is C[N+]1(CCO)CCOC(CO)C1. The zero-order chi connectivity index (χ0) is 9.03. The van der Waals surface area contributed by atoms with Gasteiger partial charge in [0.1, 0.15) is 25.7 Å². The molecule has 0 radical (unpaired) electrons. The number of hydrogen-bond donors (Lipinski definition) is 2. The predicted molar refractivity (Wildman–Crippen MR) is 44.7 cm³/mol. The molecule has 0 aromatic heterocycles. The summed E-state index contributed by atoms with van der Waals surface area (Å²) in [6, 6.07) is 0. The topological polar surface area (TPSA) is 49.7 Å². The number of aliphatic hydroxyl groups is 2. The summed E-state index contributed by atoms with van der Waals surface area (Å²) in [5.41, 5.74) is 0. The number of likely N-dealkylation sites (N-methyl/N-ethyl adjacent to an activating group) is 1. The third-order valence-electron chi connectivity index (χ3n) is 2.47. The number of nitrogens with zero attached hydrogens (tertiary/aromatic N) is 1. The highest BCUT2D eigenvalue weighted by Crippen LogP contribution is 2.11. The van der Waals surface area contributed by atoms with Crippen LogP contribution in [0.25, 0.3) is 0 Å². The van der Waals surface area contributed by atoms with Gasteiger partial charge in [0, 0.05) is 0 Å². The van der Waals surface area contributed by atoms with E-state index in [4.69, 9.17) is 14.9 Å². The molecule has 0 spiro atoms. The second-order valence-corrected chi connectivity index (χ2v) is 3.65. The van der Waals surface area contributed by atoms with Crippen molar-refractivity contribution in [2.75, 3.05) is 46.5 Å². The van der Waals surface area contributed by atoms with Gasteiger partial charge in [0.25, 0.3) is 0 Å². The second-order valence-electron chi connectivity index (χ2n) is 3.65. The molecular formula is C8H18NO3+. The summed E-state index contributed by atoms with van der Waals surface area (Å²) in [7, 11) is 2.08. The number of morpholine rings is 1. The highest BCUT2D eigenvalue weighted by Gasteiger charge is 2.30. The van der Waals surface area contributed by atoms with Crippen LogP contribution in [0, 0.1) is 0 Å². The van der Waals surface area contributed by atoms with Crippen LogP contribution in [0.5, 0.6) is 0 Å². The molecule has 2 unspecified atom stereocenters. The first-order valence-corrected chi connectivity index (χ1v) is 4.37. The Morgan fingerprint density at radius 3 is 2.83 bits per heavy atom. The maximum Gasteiger partial charge on any atom is 0.130 e. The Labute approximate surface area is 73.0 Å². The maximum absolute atomic E-state index is 8.89. The van der Waals surface area contributed by atoms with E-state index >= 15 is 0 Å². The van der Waals surface area contributed by atoms with Gasteiger partial charge in [0.15, 0.2) is 0 Å². The fraction of sp³-hybridized carbons (Fsp3) is 1.00. The lowest BCUT2D eigenvalue weighted by atomic mass is 10.2. The zero-order valence-electron chi connectivity index (χ0n) is 7.57. The molecule has 2 N–H and O–H groups in total. The van der Waals surface area contributed by atoms with Crippen molar-refractivity contribution in [3.05, 3.63) is 0 Å². The molecule has 0 aromatic rings. The normalized spacial score (nSPS) is 36.8. The van der Waals surface area contributed by atoms with Crippen LogP contribution in [0.3, 0.4) is 0 Å². The first-order chi connectivity index (χ1) is 5.70. The summed E-state index contributed by atoms with van der Waals surface area (Å²) in [4.78, 5) is 0. The Hall–Kier alpha value is -0.160. The minimum absolute atomic E-state index is 0.0460. The van der Waals surface area contributed by atoms with Crippen LogP contribution in [0.2, 0.25) is 0 Å². The van der Waals surface area contributed by atoms with E-state index in [2.05, 4.69) is 7.05 Å². The summed E-state index contributed by atoms with van der Waals surface area (Å²) in [6.45, 7) is 3.45. The molecule has 0 aromatic carbocycles. The van der Waals surface area contributed by atoms with Crippen molar-refractivity contribution in [1.82, 2.24) is 0 Å². The summed E-state index contributed by atoms with van der Waals surface area (Å²) in [5, 5.41) is 17.7. The van der Waals surface area contributed by atoms with Crippen LogP contribution in [-0.4, -0.2) is 67.3 Å². The molecule has 12 heavy (non-hydrogen) atoms. The maximum atomic E-state index is 8.89. The van der Waals surface area contributed by atoms with Gasteiger partial charge in [-0.15, -0.1) is 0 Å². The lowest BCUT2D eigenvalue weighted by molar-refractivity contribution is -0.920. The molecule has 1 rings (SSSR count). The van der Waals surface area contributed by atoms with E-state index in [1.165, 1.54) is 0 Å². The Bertz CT molecular complexity index is 138. The van der Waals surface area contributed by atoms with Gasteiger partial charge in [-0.3, -0.25) is 0 Å².